The summed E-state index contributed by atoms with van der Waals surface area (Å²) >= 11 is 5.87. The van der Waals surface area contributed by atoms with Crippen LogP contribution in [0.4, 0.5) is 0 Å². The zero-order chi connectivity index (χ0) is 20.4. The van der Waals surface area contributed by atoms with Crippen molar-refractivity contribution in [2.75, 3.05) is 6.54 Å². The number of benzene rings is 2. The van der Waals surface area contributed by atoms with Crippen molar-refractivity contribution in [3.8, 4) is 0 Å². The van der Waals surface area contributed by atoms with Crippen LogP contribution in [-0.2, 0) is 16.1 Å². The van der Waals surface area contributed by atoms with E-state index in [2.05, 4.69) is 15.3 Å². The second-order valence-electron chi connectivity index (χ2n) is 6.91. The summed E-state index contributed by atoms with van der Waals surface area (Å²) in [5, 5.41) is 3.12. The topological polar surface area (TPSA) is 95.2 Å². The molecule has 1 saturated heterocycles. The molecule has 1 atom stereocenters. The third-order valence-corrected chi connectivity index (χ3v) is 5.25. The van der Waals surface area contributed by atoms with Gasteiger partial charge in [0.2, 0.25) is 0 Å². The lowest BCUT2D eigenvalue weighted by atomic mass is 10.0. The number of aromatic amines is 1. The van der Waals surface area contributed by atoms with E-state index in [1.165, 1.54) is 4.90 Å². The number of H-pyrrole nitrogens is 1. The number of fused-ring (bicyclic) bond motifs is 1. The van der Waals surface area contributed by atoms with Crippen LogP contribution in [0.2, 0.25) is 5.02 Å². The summed E-state index contributed by atoms with van der Waals surface area (Å²) in [6.45, 7) is 0.476. The average Bonchev–Trinajstić information content (AvgIpc) is 3.38. The average molecular weight is 411 g/mol. The Morgan fingerprint density at radius 1 is 1.14 bits per heavy atom. The fraction of sp³-hybridized carbons (Fsp3) is 0.238. The predicted molar refractivity (Wildman–Crippen MR) is 108 cm³/mol. The quantitative estimate of drug-likeness (QED) is 0.510. The number of imidazole rings is 1. The summed E-state index contributed by atoms with van der Waals surface area (Å²) in [7, 11) is 0. The molecule has 1 unspecified atom stereocenters. The van der Waals surface area contributed by atoms with Crippen LogP contribution >= 0.6 is 11.6 Å². The summed E-state index contributed by atoms with van der Waals surface area (Å²) in [5.74, 6) is -1.08. The lowest BCUT2D eigenvalue weighted by Gasteiger charge is -2.23. The number of carbonyl (C=O) groups excluding carboxylic acids is 3. The number of aromatic nitrogens is 2. The number of hydrogen-bond donors (Lipinski definition) is 2. The van der Waals surface area contributed by atoms with Gasteiger partial charge in [-0.1, -0.05) is 23.7 Å². The second kappa shape index (κ2) is 8.05. The van der Waals surface area contributed by atoms with E-state index in [4.69, 9.17) is 11.6 Å². The number of carbonyl (C=O) groups is 3. The number of para-hydroxylation sites is 2. The molecular weight excluding hydrogens is 392 g/mol. The van der Waals surface area contributed by atoms with E-state index in [1.807, 2.05) is 24.3 Å². The maximum atomic E-state index is 12.8. The number of ketones is 1. The van der Waals surface area contributed by atoms with Crippen molar-refractivity contribution in [1.29, 1.82) is 0 Å². The third-order valence-electron chi connectivity index (χ3n) is 4.99. The van der Waals surface area contributed by atoms with E-state index in [0.29, 0.717) is 35.8 Å². The first-order valence-electron chi connectivity index (χ1n) is 9.35. The number of hydrogen-bond acceptors (Lipinski definition) is 4. The minimum Gasteiger partial charge on any atom is -0.341 e. The molecule has 0 bridgehead atoms. The van der Waals surface area contributed by atoms with Gasteiger partial charge in [0.05, 0.1) is 23.6 Å². The molecular formula is C21H19ClN4O3. The van der Waals surface area contributed by atoms with E-state index in [9.17, 15) is 14.4 Å². The number of halogens is 1. The number of Topliss-reactive ketones (excluding diaryl/α,β-unsaturated/α-hetero) is 1. The SMILES string of the molecule is O=C(NCc1nc2ccccc2[nH]1)C(=O)N1CCCC1C(=O)c1ccc(Cl)cc1. The van der Waals surface area contributed by atoms with Gasteiger partial charge in [-0.15, -0.1) is 0 Å². The van der Waals surface area contributed by atoms with Crippen LogP contribution in [0.25, 0.3) is 11.0 Å². The van der Waals surface area contributed by atoms with Crippen molar-refractivity contribution in [3.63, 3.8) is 0 Å². The van der Waals surface area contributed by atoms with Crippen molar-refractivity contribution in [2.24, 2.45) is 0 Å². The highest BCUT2D eigenvalue weighted by atomic mass is 35.5. The summed E-state index contributed by atoms with van der Waals surface area (Å²) in [6.07, 6.45) is 1.21. The fourth-order valence-electron chi connectivity index (χ4n) is 3.55. The molecule has 148 valence electrons. The van der Waals surface area contributed by atoms with Crippen molar-refractivity contribution in [3.05, 3.63) is 64.9 Å². The molecule has 0 radical (unpaired) electrons. The number of rotatable bonds is 4. The van der Waals surface area contributed by atoms with Crippen molar-refractivity contribution < 1.29 is 14.4 Å². The molecule has 2 aromatic carbocycles. The highest BCUT2D eigenvalue weighted by Crippen LogP contribution is 2.22. The summed E-state index contributed by atoms with van der Waals surface area (Å²) < 4.78 is 0. The smallest absolute Gasteiger partial charge is 0.312 e. The molecule has 3 aromatic rings. The van der Waals surface area contributed by atoms with Crippen molar-refractivity contribution >= 4 is 40.2 Å². The van der Waals surface area contributed by atoms with Crippen LogP contribution in [0, 0.1) is 0 Å². The van der Waals surface area contributed by atoms with Gasteiger partial charge in [-0.2, -0.15) is 0 Å². The first-order chi connectivity index (χ1) is 14.0. The molecule has 2 amide bonds. The first kappa shape index (κ1) is 19.1. The van der Waals surface area contributed by atoms with Gasteiger partial charge >= 0.3 is 11.8 Å². The van der Waals surface area contributed by atoms with Crippen LogP contribution in [0.1, 0.15) is 29.0 Å². The summed E-state index contributed by atoms with van der Waals surface area (Å²) in [4.78, 5) is 46.7. The molecule has 1 aromatic heterocycles. The van der Waals surface area contributed by atoms with E-state index < -0.39 is 17.9 Å². The highest BCUT2D eigenvalue weighted by Gasteiger charge is 2.37. The largest absolute Gasteiger partial charge is 0.341 e. The van der Waals surface area contributed by atoms with Crippen LogP contribution in [0.5, 0.6) is 0 Å². The second-order valence-corrected chi connectivity index (χ2v) is 7.35. The first-order valence-corrected chi connectivity index (χ1v) is 9.73. The normalized spacial score (nSPS) is 16.2. The van der Waals surface area contributed by atoms with Crippen molar-refractivity contribution in [2.45, 2.75) is 25.4 Å². The minimum atomic E-state index is -0.749. The van der Waals surface area contributed by atoms with E-state index in [0.717, 1.165) is 11.0 Å². The molecule has 0 aliphatic carbocycles. The Morgan fingerprint density at radius 3 is 2.66 bits per heavy atom. The zero-order valence-electron chi connectivity index (χ0n) is 15.5. The zero-order valence-corrected chi connectivity index (χ0v) is 16.3. The van der Waals surface area contributed by atoms with Crippen LogP contribution < -0.4 is 5.32 Å². The molecule has 2 N–H and O–H groups in total. The fourth-order valence-corrected chi connectivity index (χ4v) is 3.67. The summed E-state index contributed by atoms with van der Waals surface area (Å²) in [6, 6.07) is 13.4. The third kappa shape index (κ3) is 4.00. The Hall–Kier alpha value is -3.19. The van der Waals surface area contributed by atoms with Gasteiger partial charge in [-0.25, -0.2) is 4.98 Å². The molecule has 1 aliphatic rings. The maximum absolute atomic E-state index is 12.8. The van der Waals surface area contributed by atoms with E-state index in [1.54, 1.807) is 24.3 Å². The number of nitrogens with zero attached hydrogens (tertiary/aromatic N) is 2. The predicted octanol–water partition coefficient (Wildman–Crippen LogP) is 2.71. The molecule has 29 heavy (non-hydrogen) atoms. The molecule has 0 spiro atoms. The molecule has 0 saturated carbocycles. The van der Waals surface area contributed by atoms with Gasteiger partial charge in [0, 0.05) is 17.1 Å². The van der Waals surface area contributed by atoms with Gasteiger partial charge in [0.1, 0.15) is 5.82 Å². The highest BCUT2D eigenvalue weighted by molar-refractivity contribution is 6.35. The van der Waals surface area contributed by atoms with Gasteiger partial charge in [-0.3, -0.25) is 14.4 Å². The van der Waals surface area contributed by atoms with E-state index >= 15 is 0 Å². The van der Waals surface area contributed by atoms with Gasteiger partial charge in [0.25, 0.3) is 0 Å². The molecule has 1 fully saturated rings. The van der Waals surface area contributed by atoms with Gasteiger partial charge < -0.3 is 15.2 Å². The molecule has 7 nitrogen and oxygen atoms in total. The lowest BCUT2D eigenvalue weighted by molar-refractivity contribution is -0.146. The Bertz CT molecular complexity index is 1040. The van der Waals surface area contributed by atoms with E-state index in [-0.39, 0.29) is 12.3 Å². The number of nitrogens with one attached hydrogen (secondary N) is 2. The standard InChI is InChI=1S/C21H19ClN4O3/c22-14-9-7-13(8-10-14)19(27)17-6-3-11-26(17)21(29)20(28)23-12-18-24-15-4-1-2-5-16(15)25-18/h1-2,4-5,7-10,17H,3,6,11-12H2,(H,23,28)(H,24,25). The number of likely N-dealkylation sites (tertiary alicyclic amines) is 1. The lowest BCUT2D eigenvalue weighted by Crippen LogP contribution is -2.47. The van der Waals surface area contributed by atoms with Crippen molar-refractivity contribution in [1.82, 2.24) is 20.2 Å². The Kier molecular flexibility index (Phi) is 5.31. The Morgan fingerprint density at radius 2 is 1.90 bits per heavy atom. The monoisotopic (exact) mass is 410 g/mol. The Labute approximate surface area is 172 Å². The van der Waals surface area contributed by atoms with Gasteiger partial charge in [0.15, 0.2) is 5.78 Å². The summed E-state index contributed by atoms with van der Waals surface area (Å²) in [5.41, 5.74) is 2.12. The Balaban J connectivity index is 1.41. The molecule has 4 rings (SSSR count). The molecule has 1 aliphatic heterocycles. The van der Waals surface area contributed by atoms with Crippen LogP contribution in [0.15, 0.2) is 48.5 Å². The van der Waals surface area contributed by atoms with Crippen LogP contribution in [0.3, 0.4) is 0 Å². The van der Waals surface area contributed by atoms with Gasteiger partial charge in [-0.05, 0) is 49.2 Å². The maximum Gasteiger partial charge on any atom is 0.312 e. The number of amides is 2. The van der Waals surface area contributed by atoms with Crippen LogP contribution in [-0.4, -0.2) is 45.1 Å². The molecule has 8 heteroatoms. The molecule has 2 heterocycles. The minimum absolute atomic E-state index is 0.100.